The van der Waals surface area contributed by atoms with E-state index in [1.54, 1.807) is 34.6 Å². The first-order valence-electron chi connectivity index (χ1n) is 8.96. The van der Waals surface area contributed by atoms with Gasteiger partial charge in [-0.05, 0) is 46.8 Å². The Bertz CT molecular complexity index is 708. The summed E-state index contributed by atoms with van der Waals surface area (Å²) in [5, 5.41) is 2.80. The Balaban J connectivity index is 3.05. The van der Waals surface area contributed by atoms with E-state index < -0.39 is 31.3 Å². The van der Waals surface area contributed by atoms with E-state index in [2.05, 4.69) is 10.3 Å². The molecule has 0 fully saturated rings. The van der Waals surface area contributed by atoms with Crippen LogP contribution in [-0.4, -0.2) is 49.0 Å². The van der Waals surface area contributed by atoms with Crippen molar-refractivity contribution < 1.29 is 32.7 Å². The van der Waals surface area contributed by atoms with Crippen LogP contribution in [0.2, 0.25) is 0 Å². The Morgan fingerprint density at radius 2 is 1.82 bits per heavy atom. The van der Waals surface area contributed by atoms with Crippen molar-refractivity contribution in [1.29, 1.82) is 0 Å². The molecule has 0 bridgehead atoms. The summed E-state index contributed by atoms with van der Waals surface area (Å²) >= 11 is 0. The van der Waals surface area contributed by atoms with Crippen molar-refractivity contribution in [2.24, 2.45) is 0 Å². The number of hydrogen-bond acceptors (Lipinski definition) is 8. The maximum atomic E-state index is 12.9. The van der Waals surface area contributed by atoms with Gasteiger partial charge >= 0.3 is 19.7 Å². The molecule has 1 unspecified atom stereocenters. The van der Waals surface area contributed by atoms with Crippen molar-refractivity contribution in [2.45, 2.75) is 52.7 Å². The Hall–Kier alpha value is -1.96. The summed E-state index contributed by atoms with van der Waals surface area (Å²) in [5.41, 5.74) is -0.312. The molecule has 0 saturated carbocycles. The van der Waals surface area contributed by atoms with Crippen LogP contribution < -0.4 is 10.6 Å². The molecule has 0 aliphatic heterocycles. The molecule has 0 saturated heterocycles. The lowest BCUT2D eigenvalue weighted by Gasteiger charge is -2.22. The smallest absolute Gasteiger partial charge is 0.408 e. The SMILES string of the molecule is CCOP(=O)(OCC)c1ccnc(CC(NC(=O)OC(C)(C)C)C(=O)OC)c1. The number of rotatable bonds is 9. The van der Waals surface area contributed by atoms with Crippen LogP contribution >= 0.6 is 7.60 Å². The Kier molecular flexibility index (Phi) is 9.07. The number of carbonyl (C=O) groups excluding carboxylic acids is 2. The number of aromatic nitrogens is 1. The topological polar surface area (TPSA) is 113 Å². The minimum Gasteiger partial charge on any atom is -0.467 e. The average molecular weight is 416 g/mol. The van der Waals surface area contributed by atoms with Crippen molar-refractivity contribution in [3.05, 3.63) is 24.0 Å². The number of esters is 1. The predicted octanol–water partition coefficient (Wildman–Crippen LogP) is 2.58. The molecular weight excluding hydrogens is 387 g/mol. The number of pyridine rings is 1. The molecule has 1 heterocycles. The Morgan fingerprint density at radius 3 is 2.32 bits per heavy atom. The summed E-state index contributed by atoms with van der Waals surface area (Å²) in [5.74, 6) is -0.657. The van der Waals surface area contributed by atoms with E-state index in [4.69, 9.17) is 18.5 Å². The molecule has 1 rings (SSSR count). The van der Waals surface area contributed by atoms with Crippen LogP contribution in [0, 0.1) is 0 Å². The molecule has 28 heavy (non-hydrogen) atoms. The van der Waals surface area contributed by atoms with E-state index >= 15 is 0 Å². The van der Waals surface area contributed by atoms with Crippen molar-refractivity contribution in [3.63, 3.8) is 0 Å². The monoisotopic (exact) mass is 416 g/mol. The third-order valence-electron chi connectivity index (χ3n) is 3.30. The van der Waals surface area contributed by atoms with Gasteiger partial charge in [0.25, 0.3) is 0 Å². The van der Waals surface area contributed by atoms with Crippen molar-refractivity contribution in [1.82, 2.24) is 10.3 Å². The normalized spacial score (nSPS) is 12.9. The number of ether oxygens (including phenoxy) is 2. The minimum atomic E-state index is -3.50. The fourth-order valence-corrected chi connectivity index (χ4v) is 3.88. The van der Waals surface area contributed by atoms with Gasteiger partial charge in [-0.2, -0.15) is 0 Å². The van der Waals surface area contributed by atoms with Crippen LogP contribution in [0.15, 0.2) is 18.3 Å². The fraction of sp³-hybridized carbons (Fsp3) is 0.611. The second-order valence-electron chi connectivity index (χ2n) is 6.76. The predicted molar refractivity (Wildman–Crippen MR) is 104 cm³/mol. The van der Waals surface area contributed by atoms with E-state index in [0.717, 1.165) is 0 Å². The quantitative estimate of drug-likeness (QED) is 0.483. The molecule has 1 amide bonds. The first-order valence-corrected chi connectivity index (χ1v) is 10.5. The number of nitrogens with zero attached hydrogens (tertiary/aromatic N) is 1. The molecule has 0 radical (unpaired) electrons. The second kappa shape index (κ2) is 10.5. The highest BCUT2D eigenvalue weighted by Crippen LogP contribution is 2.46. The van der Waals surface area contributed by atoms with Crippen LogP contribution in [0.1, 0.15) is 40.3 Å². The minimum absolute atomic E-state index is 0.0119. The lowest BCUT2D eigenvalue weighted by atomic mass is 10.1. The molecule has 10 heteroatoms. The zero-order chi connectivity index (χ0) is 21.4. The largest absolute Gasteiger partial charge is 0.467 e. The van der Waals surface area contributed by atoms with Gasteiger partial charge in [0.15, 0.2) is 0 Å². The maximum Gasteiger partial charge on any atom is 0.408 e. The van der Waals surface area contributed by atoms with Crippen molar-refractivity contribution >= 4 is 25.0 Å². The highest BCUT2D eigenvalue weighted by molar-refractivity contribution is 7.62. The van der Waals surface area contributed by atoms with Crippen LogP contribution in [0.3, 0.4) is 0 Å². The second-order valence-corrected chi connectivity index (χ2v) is 8.79. The number of hydrogen-bond donors (Lipinski definition) is 1. The number of amides is 1. The molecule has 158 valence electrons. The van der Waals surface area contributed by atoms with Crippen molar-refractivity contribution in [2.75, 3.05) is 20.3 Å². The van der Waals surface area contributed by atoms with Gasteiger partial charge in [-0.1, -0.05) is 0 Å². The van der Waals surface area contributed by atoms with Gasteiger partial charge in [0.1, 0.15) is 11.6 Å². The van der Waals surface area contributed by atoms with E-state index in [1.807, 2.05) is 0 Å². The summed E-state index contributed by atoms with van der Waals surface area (Å²) in [6.07, 6.45) is 0.697. The van der Waals surface area contributed by atoms with Crippen LogP contribution in [-0.2, 0) is 34.3 Å². The third kappa shape index (κ3) is 7.58. The standard InChI is InChI=1S/C18H29N2O7P/c1-7-25-28(23,26-8-2)14-9-10-19-13(11-14)12-15(16(21)24-6)20-17(22)27-18(3,4)5/h9-11,15H,7-8,12H2,1-6H3,(H,20,22). The number of carbonyl (C=O) groups is 2. The van der Waals surface area contributed by atoms with Crippen molar-refractivity contribution in [3.8, 4) is 0 Å². The summed E-state index contributed by atoms with van der Waals surface area (Å²) in [4.78, 5) is 28.3. The summed E-state index contributed by atoms with van der Waals surface area (Å²) in [6, 6.07) is 2.03. The van der Waals surface area contributed by atoms with Gasteiger partial charge in [0, 0.05) is 18.3 Å². The van der Waals surface area contributed by atoms with Gasteiger partial charge < -0.3 is 23.8 Å². The van der Waals surface area contributed by atoms with Gasteiger partial charge in [0.05, 0.1) is 25.6 Å². The molecule has 0 aliphatic rings. The molecule has 1 aromatic heterocycles. The average Bonchev–Trinajstić information content (AvgIpc) is 2.59. The highest BCUT2D eigenvalue weighted by atomic mass is 31.2. The zero-order valence-corrected chi connectivity index (χ0v) is 18.1. The first kappa shape index (κ1) is 24.1. The van der Waals surface area contributed by atoms with Crippen LogP contribution in [0.4, 0.5) is 4.79 Å². The number of alkyl carbamates (subject to hydrolysis) is 1. The summed E-state index contributed by atoms with van der Waals surface area (Å²) in [6.45, 7) is 8.98. The molecule has 1 atom stereocenters. The Labute approximate surface area is 165 Å². The van der Waals surface area contributed by atoms with Crippen LogP contribution in [0.25, 0.3) is 0 Å². The van der Waals surface area contributed by atoms with Crippen LogP contribution in [0.5, 0.6) is 0 Å². The van der Waals surface area contributed by atoms with Gasteiger partial charge in [0.2, 0.25) is 0 Å². The molecular formula is C18H29N2O7P. The Morgan fingerprint density at radius 1 is 1.21 bits per heavy atom. The van der Waals surface area contributed by atoms with Gasteiger partial charge in [-0.15, -0.1) is 0 Å². The summed E-state index contributed by atoms with van der Waals surface area (Å²) in [7, 11) is -2.28. The maximum absolute atomic E-state index is 12.9. The third-order valence-corrected chi connectivity index (χ3v) is 5.41. The molecule has 0 aromatic carbocycles. The lowest BCUT2D eigenvalue weighted by Crippen LogP contribution is -2.45. The first-order chi connectivity index (χ1) is 13.0. The number of nitrogens with one attached hydrogen (secondary N) is 1. The van der Waals surface area contributed by atoms with Gasteiger partial charge in [-0.25, -0.2) is 9.59 Å². The van der Waals surface area contributed by atoms with E-state index in [-0.39, 0.29) is 19.6 Å². The number of methoxy groups -OCH3 is 1. The molecule has 1 aromatic rings. The lowest BCUT2D eigenvalue weighted by molar-refractivity contribution is -0.143. The highest BCUT2D eigenvalue weighted by Gasteiger charge is 2.29. The molecule has 0 aliphatic carbocycles. The molecule has 0 spiro atoms. The molecule has 1 N–H and O–H groups in total. The van der Waals surface area contributed by atoms with E-state index in [1.165, 1.54) is 25.4 Å². The summed E-state index contributed by atoms with van der Waals surface area (Å²) < 4.78 is 33.5. The fourth-order valence-electron chi connectivity index (χ4n) is 2.27. The van der Waals surface area contributed by atoms with Gasteiger partial charge in [-0.3, -0.25) is 9.55 Å². The van der Waals surface area contributed by atoms with E-state index in [0.29, 0.717) is 11.0 Å². The zero-order valence-electron chi connectivity index (χ0n) is 17.2. The van der Waals surface area contributed by atoms with E-state index in [9.17, 15) is 14.2 Å². The molecule has 9 nitrogen and oxygen atoms in total.